The van der Waals surface area contributed by atoms with E-state index < -0.39 is 0 Å². The van der Waals surface area contributed by atoms with Crippen molar-refractivity contribution in [1.82, 2.24) is 15.2 Å². The first kappa shape index (κ1) is 24.9. The summed E-state index contributed by atoms with van der Waals surface area (Å²) in [7, 11) is 3.69. The number of nitrogens with one attached hydrogen (secondary N) is 1. The van der Waals surface area contributed by atoms with Crippen molar-refractivity contribution in [2.24, 2.45) is 4.99 Å². The molecule has 1 unspecified atom stereocenters. The van der Waals surface area contributed by atoms with Crippen molar-refractivity contribution in [2.45, 2.75) is 26.5 Å². The van der Waals surface area contributed by atoms with Crippen LogP contribution in [0, 0.1) is 0 Å². The van der Waals surface area contributed by atoms with Crippen LogP contribution in [0.15, 0.2) is 34.6 Å². The number of hydrogen-bond acceptors (Lipinski definition) is 5. The Balaban J connectivity index is 0.00000392. The lowest BCUT2D eigenvalue weighted by molar-refractivity contribution is 0.119. The number of guanidine groups is 1. The van der Waals surface area contributed by atoms with Crippen molar-refractivity contribution in [1.29, 1.82) is 0 Å². The summed E-state index contributed by atoms with van der Waals surface area (Å²) in [6, 6.07) is 7.37. The number of thiazole rings is 1. The lowest BCUT2D eigenvalue weighted by atomic mass is 10.3. The summed E-state index contributed by atoms with van der Waals surface area (Å²) in [5.74, 6) is 1.57. The SMILES string of the molecule is CCNC(=NCCOc1cccc(Cl)c1)N(C)Cc1csc(C(C)OC)n1.I. The summed E-state index contributed by atoms with van der Waals surface area (Å²) in [6.45, 7) is 6.54. The molecule has 1 heterocycles. The average Bonchev–Trinajstić information content (AvgIpc) is 3.12. The molecular formula is C19H28ClIN4O2S. The largest absolute Gasteiger partial charge is 0.492 e. The molecule has 0 radical (unpaired) electrons. The summed E-state index contributed by atoms with van der Waals surface area (Å²) in [4.78, 5) is 11.3. The van der Waals surface area contributed by atoms with Gasteiger partial charge in [-0.1, -0.05) is 17.7 Å². The van der Waals surface area contributed by atoms with Crippen LogP contribution in [0.25, 0.3) is 0 Å². The van der Waals surface area contributed by atoms with Gasteiger partial charge in [-0.2, -0.15) is 0 Å². The Bertz CT molecular complexity index is 744. The van der Waals surface area contributed by atoms with Crippen molar-refractivity contribution in [3.05, 3.63) is 45.4 Å². The molecule has 0 aliphatic carbocycles. The molecule has 28 heavy (non-hydrogen) atoms. The second-order valence-corrected chi connectivity index (χ2v) is 7.28. The van der Waals surface area contributed by atoms with E-state index in [1.54, 1.807) is 24.5 Å². The van der Waals surface area contributed by atoms with E-state index in [2.05, 4.69) is 25.6 Å². The van der Waals surface area contributed by atoms with Crippen LogP contribution in [0.4, 0.5) is 0 Å². The summed E-state index contributed by atoms with van der Waals surface area (Å²) >= 11 is 7.58. The molecule has 1 atom stereocenters. The standard InChI is InChI=1S/C19H27ClN4O2S.HI/c1-5-21-19(22-9-10-26-17-8-6-7-15(20)11-17)24(3)12-16-13-27-18(23-16)14(2)25-4;/h6-8,11,13-14H,5,9-10,12H2,1-4H3,(H,21,22);1H. The fourth-order valence-corrected chi connectivity index (χ4v) is 3.36. The minimum absolute atomic E-state index is 0. The first-order valence-corrected chi connectivity index (χ1v) is 10.1. The third kappa shape index (κ3) is 8.10. The zero-order chi connectivity index (χ0) is 19.6. The molecule has 2 rings (SSSR count). The monoisotopic (exact) mass is 538 g/mol. The van der Waals surface area contributed by atoms with Crippen LogP contribution in [0.2, 0.25) is 5.02 Å². The van der Waals surface area contributed by atoms with E-state index in [1.807, 2.05) is 39.1 Å². The second-order valence-electron chi connectivity index (χ2n) is 5.95. The van der Waals surface area contributed by atoms with E-state index in [9.17, 15) is 0 Å². The smallest absolute Gasteiger partial charge is 0.194 e. The molecule has 1 aromatic heterocycles. The number of ether oxygens (including phenoxy) is 2. The van der Waals surface area contributed by atoms with Gasteiger partial charge >= 0.3 is 0 Å². The Morgan fingerprint density at radius 1 is 1.43 bits per heavy atom. The van der Waals surface area contributed by atoms with Crippen LogP contribution in [-0.4, -0.2) is 49.7 Å². The maximum atomic E-state index is 5.96. The number of nitrogens with zero attached hydrogens (tertiary/aromatic N) is 3. The lowest BCUT2D eigenvalue weighted by Gasteiger charge is -2.21. The second kappa shape index (κ2) is 13.2. The molecule has 0 spiro atoms. The van der Waals surface area contributed by atoms with Crippen LogP contribution in [0.3, 0.4) is 0 Å². The molecule has 1 N–H and O–H groups in total. The van der Waals surface area contributed by atoms with Crippen LogP contribution < -0.4 is 10.1 Å². The zero-order valence-corrected chi connectivity index (χ0v) is 20.5. The Morgan fingerprint density at radius 3 is 2.89 bits per heavy atom. The van der Waals surface area contributed by atoms with Gasteiger partial charge in [-0.15, -0.1) is 35.3 Å². The molecule has 0 amide bonds. The molecular weight excluding hydrogens is 511 g/mol. The van der Waals surface area contributed by atoms with Gasteiger partial charge in [0, 0.05) is 31.1 Å². The quantitative estimate of drug-likeness (QED) is 0.219. The van der Waals surface area contributed by atoms with Crippen LogP contribution in [0.1, 0.15) is 30.7 Å². The topological polar surface area (TPSA) is 59.0 Å². The normalized spacial score (nSPS) is 12.2. The predicted octanol–water partition coefficient (Wildman–Crippen LogP) is 4.60. The molecule has 0 saturated carbocycles. The Morgan fingerprint density at radius 2 is 2.21 bits per heavy atom. The fourth-order valence-electron chi connectivity index (χ4n) is 2.34. The van der Waals surface area contributed by atoms with E-state index >= 15 is 0 Å². The number of methoxy groups -OCH3 is 1. The van der Waals surface area contributed by atoms with E-state index in [1.165, 1.54) is 0 Å². The van der Waals surface area contributed by atoms with Gasteiger partial charge in [0.1, 0.15) is 23.5 Å². The number of hydrogen-bond donors (Lipinski definition) is 1. The minimum atomic E-state index is 0. The first-order valence-electron chi connectivity index (χ1n) is 8.88. The van der Waals surface area contributed by atoms with Gasteiger partial charge in [0.05, 0.1) is 18.8 Å². The number of aliphatic imine (C=N–C) groups is 1. The molecule has 0 aliphatic rings. The highest BCUT2D eigenvalue weighted by molar-refractivity contribution is 14.0. The summed E-state index contributed by atoms with van der Waals surface area (Å²) in [5, 5.41) is 7.01. The highest BCUT2D eigenvalue weighted by Crippen LogP contribution is 2.21. The van der Waals surface area contributed by atoms with Gasteiger partial charge in [0.15, 0.2) is 5.96 Å². The molecule has 6 nitrogen and oxygen atoms in total. The Hall–Kier alpha value is -1.10. The number of aromatic nitrogens is 1. The number of rotatable bonds is 9. The third-order valence-electron chi connectivity index (χ3n) is 3.78. The van der Waals surface area contributed by atoms with Gasteiger partial charge < -0.3 is 19.7 Å². The summed E-state index contributed by atoms with van der Waals surface area (Å²) in [6.07, 6.45) is 0.0135. The van der Waals surface area contributed by atoms with Crippen molar-refractivity contribution in [2.75, 3.05) is 33.9 Å². The van der Waals surface area contributed by atoms with Gasteiger partial charge in [-0.05, 0) is 32.0 Å². The highest BCUT2D eigenvalue weighted by atomic mass is 127. The van der Waals surface area contributed by atoms with Crippen molar-refractivity contribution < 1.29 is 9.47 Å². The lowest BCUT2D eigenvalue weighted by Crippen LogP contribution is -2.38. The van der Waals surface area contributed by atoms with E-state index in [0.29, 0.717) is 24.7 Å². The van der Waals surface area contributed by atoms with Gasteiger partial charge in [-0.3, -0.25) is 0 Å². The fraction of sp³-hybridized carbons (Fsp3) is 0.474. The molecule has 0 aliphatic heterocycles. The van der Waals surface area contributed by atoms with E-state index in [-0.39, 0.29) is 30.1 Å². The predicted molar refractivity (Wildman–Crippen MR) is 127 cm³/mol. The zero-order valence-electron chi connectivity index (χ0n) is 16.6. The molecule has 156 valence electrons. The maximum absolute atomic E-state index is 5.96. The van der Waals surface area contributed by atoms with Gasteiger partial charge in [0.25, 0.3) is 0 Å². The van der Waals surface area contributed by atoms with Gasteiger partial charge in [0.2, 0.25) is 0 Å². The van der Waals surface area contributed by atoms with Crippen molar-refractivity contribution in [3.8, 4) is 5.75 Å². The average molecular weight is 539 g/mol. The van der Waals surface area contributed by atoms with Gasteiger partial charge in [-0.25, -0.2) is 9.98 Å². The van der Waals surface area contributed by atoms with E-state index in [0.717, 1.165) is 29.0 Å². The Kier molecular flexibility index (Phi) is 11.7. The molecule has 0 bridgehead atoms. The Labute approximate surface area is 193 Å². The first-order chi connectivity index (χ1) is 13.0. The number of benzene rings is 1. The van der Waals surface area contributed by atoms with Crippen molar-refractivity contribution in [3.63, 3.8) is 0 Å². The molecule has 0 saturated heterocycles. The van der Waals surface area contributed by atoms with Crippen LogP contribution in [0.5, 0.6) is 5.75 Å². The number of halogens is 2. The van der Waals surface area contributed by atoms with Crippen LogP contribution >= 0.6 is 46.9 Å². The molecule has 2 aromatic rings. The maximum Gasteiger partial charge on any atom is 0.194 e. The minimum Gasteiger partial charge on any atom is -0.492 e. The molecule has 9 heteroatoms. The van der Waals surface area contributed by atoms with E-state index in [4.69, 9.17) is 21.1 Å². The highest BCUT2D eigenvalue weighted by Gasteiger charge is 2.12. The summed E-state index contributed by atoms with van der Waals surface area (Å²) in [5.41, 5.74) is 1.00. The molecule has 1 aromatic carbocycles. The third-order valence-corrected chi connectivity index (χ3v) is 5.07. The van der Waals surface area contributed by atoms with Crippen molar-refractivity contribution >= 4 is 52.9 Å². The molecule has 0 fully saturated rings. The summed E-state index contributed by atoms with van der Waals surface area (Å²) < 4.78 is 11.0. The van der Waals surface area contributed by atoms with Crippen LogP contribution in [-0.2, 0) is 11.3 Å².